The molecule has 2 unspecified atom stereocenters. The van der Waals surface area contributed by atoms with Crippen molar-refractivity contribution in [1.82, 2.24) is 19.9 Å². The van der Waals surface area contributed by atoms with Gasteiger partial charge in [0.15, 0.2) is 0 Å². The predicted molar refractivity (Wildman–Crippen MR) is 132 cm³/mol. The van der Waals surface area contributed by atoms with E-state index in [1.54, 1.807) is 30.6 Å². The summed E-state index contributed by atoms with van der Waals surface area (Å²) in [5.74, 6) is -0.432. The molecule has 26 heteroatoms. The average molecular weight is 742 g/mol. The molecule has 3 N–H and O–H groups in total. The van der Waals surface area contributed by atoms with Crippen molar-refractivity contribution in [2.75, 3.05) is 13.2 Å². The van der Waals surface area contributed by atoms with Gasteiger partial charge in [-0.25, -0.2) is 9.11 Å². The Morgan fingerprint density at radius 1 is 1.11 bits per heavy atom. The number of phosphoric acid groups is 3. The summed E-state index contributed by atoms with van der Waals surface area (Å²) >= 11 is 0. The molecule has 1 aliphatic heterocycles. The zero-order chi connectivity index (χ0) is 31.1. The molecular formula is C20H21N4Na4O15P3. The fraction of sp³-hybridized carbons (Fsp3) is 0.300. The number of carbonyl (C=O) groups excluding carboxylic acids is 1. The largest absolute Gasteiger partial charge is 1.00 e. The number of aromatic nitrogens is 3. The molecule has 2 aromatic rings. The first kappa shape index (κ1) is 49.2. The quantitative estimate of drug-likeness (QED) is 0.0975. The molecule has 3 heterocycles. The van der Waals surface area contributed by atoms with Gasteiger partial charge in [0.05, 0.1) is 26.1 Å². The van der Waals surface area contributed by atoms with Crippen LogP contribution >= 0.6 is 23.5 Å². The molecule has 0 aromatic carbocycles. The molecular weight excluding hydrogens is 721 g/mol. The number of carbonyl (C=O) groups is 1. The minimum absolute atomic E-state index is 0. The number of aliphatic hydroxyl groups excluding tert-OH is 1. The standard InChI is InChI=1S/C20H25N4O15P3.4Na/c25-15-9-18(37-16(15)12-36-41(32,33)39-42(34,35)38-40(29,30)31)24-11-14(19(27)23-20(24)28)4-2-8-22-17(26)6-5-13-3-1-7-21-10-13;;;;/h1-7,10-11,15-16,18,25H,8-9,12H2,(H,22,26)(H,32,33)(H,34,35)(H,23,27,28)(H2,29,30,31);;;;/q;4*+1/p-4/b4-2+,6-5+;;;;/t15-,16+,18+;;;;/m0..../s1. The minimum atomic E-state index is -6.18. The van der Waals surface area contributed by atoms with Gasteiger partial charge in [0.25, 0.3) is 21.2 Å². The van der Waals surface area contributed by atoms with Gasteiger partial charge in [-0.15, -0.1) is 0 Å². The number of nitrogens with one attached hydrogen (secondary N) is 2. The first-order valence-corrected chi connectivity index (χ1v) is 15.8. The van der Waals surface area contributed by atoms with E-state index >= 15 is 0 Å². The SMILES string of the molecule is O=C(/C=C/c1cccnc1)NC/C=C/c1cn([C@H]2C[C@H](O)[C@@H](COP(=O)([O-])OP(=O)([O-])OP(=O)([O-])[O-])O2)c(=O)[nH]c1=O.[Na+].[Na+].[Na+].[Na+]. The second-order valence-corrected chi connectivity index (χ2v) is 12.5. The predicted octanol–water partition coefficient (Wildman–Crippen LogP) is -14.7. The van der Waals surface area contributed by atoms with Gasteiger partial charge in [-0.1, -0.05) is 18.2 Å². The van der Waals surface area contributed by atoms with E-state index in [2.05, 4.69) is 23.4 Å². The number of H-pyrrole nitrogens is 1. The number of phosphoric ester groups is 1. The van der Waals surface area contributed by atoms with Crippen LogP contribution in [-0.4, -0.2) is 50.9 Å². The van der Waals surface area contributed by atoms with Gasteiger partial charge in [0.2, 0.25) is 5.91 Å². The van der Waals surface area contributed by atoms with E-state index in [4.69, 9.17) is 4.74 Å². The van der Waals surface area contributed by atoms with Crippen LogP contribution in [0.2, 0.25) is 0 Å². The van der Waals surface area contributed by atoms with Gasteiger partial charge in [-0.3, -0.25) is 37.6 Å². The molecule has 2 aromatic heterocycles. The van der Waals surface area contributed by atoms with Crippen molar-refractivity contribution in [3.05, 3.63) is 74.8 Å². The molecule has 0 saturated carbocycles. The Morgan fingerprint density at radius 2 is 1.78 bits per heavy atom. The molecule has 0 bridgehead atoms. The third kappa shape index (κ3) is 17.4. The van der Waals surface area contributed by atoms with Crippen molar-refractivity contribution in [2.24, 2.45) is 0 Å². The summed E-state index contributed by atoms with van der Waals surface area (Å²) in [6, 6.07) is 3.44. The average Bonchev–Trinajstić information content (AvgIpc) is 3.23. The van der Waals surface area contributed by atoms with Crippen LogP contribution < -0.4 is 154 Å². The molecule has 0 spiro atoms. The molecule has 0 aliphatic carbocycles. The number of hydrogen-bond donors (Lipinski definition) is 3. The number of hydrogen-bond acceptors (Lipinski definition) is 16. The second-order valence-electron chi connectivity index (χ2n) is 8.25. The van der Waals surface area contributed by atoms with E-state index in [1.165, 1.54) is 18.2 Å². The van der Waals surface area contributed by atoms with E-state index in [0.29, 0.717) is 5.56 Å². The van der Waals surface area contributed by atoms with Gasteiger partial charge in [-0.05, 0) is 17.7 Å². The van der Waals surface area contributed by atoms with Crippen molar-refractivity contribution in [3.8, 4) is 0 Å². The number of aliphatic hydroxyl groups is 1. The van der Waals surface area contributed by atoms with E-state index in [-0.39, 0.29) is 137 Å². The second kappa shape index (κ2) is 22.1. The van der Waals surface area contributed by atoms with Gasteiger partial charge in [0, 0.05) is 37.6 Å². The van der Waals surface area contributed by atoms with E-state index in [1.807, 2.05) is 4.98 Å². The first-order chi connectivity index (χ1) is 19.5. The molecule has 1 saturated heterocycles. The van der Waals surface area contributed by atoms with Crippen LogP contribution in [0.15, 0.2) is 52.5 Å². The van der Waals surface area contributed by atoms with Gasteiger partial charge < -0.3 is 43.8 Å². The van der Waals surface area contributed by atoms with Crippen molar-refractivity contribution in [2.45, 2.75) is 24.9 Å². The Morgan fingerprint density at radius 3 is 2.39 bits per heavy atom. The number of amides is 1. The van der Waals surface area contributed by atoms with Crippen LogP contribution in [0.1, 0.15) is 23.8 Å². The molecule has 19 nitrogen and oxygen atoms in total. The molecule has 1 amide bonds. The van der Waals surface area contributed by atoms with Crippen LogP contribution in [0.5, 0.6) is 0 Å². The molecule has 0 radical (unpaired) electrons. The third-order valence-electron chi connectivity index (χ3n) is 5.11. The smallest absolute Gasteiger partial charge is 0.790 e. The summed E-state index contributed by atoms with van der Waals surface area (Å²) < 4.78 is 50.4. The number of pyridine rings is 1. The monoisotopic (exact) mass is 742 g/mol. The number of nitrogens with zero attached hydrogens (tertiary/aromatic N) is 2. The van der Waals surface area contributed by atoms with Crippen molar-refractivity contribution in [3.63, 3.8) is 0 Å². The zero-order valence-corrected chi connectivity index (χ0v) is 35.6. The van der Waals surface area contributed by atoms with Gasteiger partial charge in [0.1, 0.15) is 12.3 Å². The topological polar surface area (TPSA) is 297 Å². The van der Waals surface area contributed by atoms with Crippen LogP contribution in [0, 0.1) is 0 Å². The molecule has 1 fully saturated rings. The van der Waals surface area contributed by atoms with Crippen LogP contribution in [0.4, 0.5) is 0 Å². The molecule has 230 valence electrons. The third-order valence-corrected chi connectivity index (χ3v) is 8.78. The number of aromatic amines is 1. The van der Waals surface area contributed by atoms with Crippen LogP contribution in [-0.2, 0) is 36.4 Å². The summed E-state index contributed by atoms with van der Waals surface area (Å²) in [6.45, 7) is -1.06. The fourth-order valence-electron chi connectivity index (χ4n) is 3.37. The Hall–Kier alpha value is 1.11. The Labute approximate surface area is 349 Å². The Bertz CT molecular complexity index is 1600. The Balaban J connectivity index is 0. The number of rotatable bonds is 13. The molecule has 1 aliphatic rings. The summed E-state index contributed by atoms with van der Waals surface area (Å²) in [5.41, 5.74) is -1.09. The maximum atomic E-state index is 12.3. The van der Waals surface area contributed by atoms with Gasteiger partial charge >= 0.3 is 124 Å². The van der Waals surface area contributed by atoms with Crippen molar-refractivity contribution >= 4 is 41.5 Å². The fourth-order valence-corrected chi connectivity index (χ4v) is 6.23. The van der Waals surface area contributed by atoms with Crippen LogP contribution in [0.25, 0.3) is 12.2 Å². The zero-order valence-electron chi connectivity index (χ0n) is 24.9. The first-order valence-electron chi connectivity index (χ1n) is 11.5. The van der Waals surface area contributed by atoms with Gasteiger partial charge in [-0.2, -0.15) is 0 Å². The molecule has 5 atom stereocenters. The normalized spacial score (nSPS) is 20.3. The summed E-state index contributed by atoms with van der Waals surface area (Å²) in [5, 5.41) is 12.8. The molecule has 3 rings (SSSR count). The maximum absolute atomic E-state index is 12.3. The van der Waals surface area contributed by atoms with E-state index < -0.39 is 65.7 Å². The number of ether oxygens (including phenoxy) is 1. The van der Waals surface area contributed by atoms with Crippen LogP contribution in [0.3, 0.4) is 0 Å². The van der Waals surface area contributed by atoms with Crippen molar-refractivity contribution in [1.29, 1.82) is 0 Å². The minimum Gasteiger partial charge on any atom is -0.790 e. The van der Waals surface area contributed by atoms with E-state index in [9.17, 15) is 52.8 Å². The summed E-state index contributed by atoms with van der Waals surface area (Å²) in [7, 11) is -18.2. The van der Waals surface area contributed by atoms with E-state index in [0.717, 1.165) is 10.8 Å². The Kier molecular flexibility index (Phi) is 23.7. The molecule has 46 heavy (non-hydrogen) atoms. The maximum Gasteiger partial charge on any atom is 1.00 e. The summed E-state index contributed by atoms with van der Waals surface area (Å²) in [6.07, 6.45) is 5.23. The van der Waals surface area contributed by atoms with Crippen molar-refractivity contribution < 1.29 is 179 Å². The summed E-state index contributed by atoms with van der Waals surface area (Å²) in [4.78, 5) is 86.2.